The molecule has 0 spiro atoms. The summed E-state index contributed by atoms with van der Waals surface area (Å²) in [4.78, 5) is 38.3. The van der Waals surface area contributed by atoms with E-state index in [0.29, 0.717) is 0 Å². The number of aromatic nitrogens is 4. The normalized spacial score (nSPS) is 18.1. The van der Waals surface area contributed by atoms with Gasteiger partial charge in [0.1, 0.15) is 24.1 Å². The average Bonchev–Trinajstić information content (AvgIpc) is 2.97. The summed E-state index contributed by atoms with van der Waals surface area (Å²) >= 11 is 0. The predicted octanol–water partition coefficient (Wildman–Crippen LogP) is -0.410. The average molecular weight is 429 g/mol. The molecule has 0 radical (unpaired) electrons. The van der Waals surface area contributed by atoms with Crippen molar-refractivity contribution in [2.24, 2.45) is 0 Å². The van der Waals surface area contributed by atoms with E-state index in [1.165, 1.54) is 0 Å². The molecule has 0 aliphatic heterocycles. The number of aliphatic hydroxyl groups excluding tert-OH is 1. The standard InChI is InChI=1S/C11H18FN5O8P2/c1-24-6(2-25-27(22,23)5-26(19,20)21)8(18)9(12)17-4-16-7-10(13)14-3-15-11(7)17/h3-4,6,8-9,18H,2,5H2,1H3,(H,22,23)(H2,13,14,15)(H2,19,20,21)/t6-,8-,9+/m1/s1. The first-order valence-corrected chi connectivity index (χ1v) is 10.8. The highest BCUT2D eigenvalue weighted by Crippen LogP contribution is 2.55. The van der Waals surface area contributed by atoms with E-state index in [9.17, 15) is 23.5 Å². The van der Waals surface area contributed by atoms with Crippen molar-refractivity contribution in [3.8, 4) is 0 Å². The lowest BCUT2D eigenvalue weighted by molar-refractivity contribution is -0.0862. The summed E-state index contributed by atoms with van der Waals surface area (Å²) in [6, 6.07) is 0. The maximum Gasteiger partial charge on any atom is 0.340 e. The van der Waals surface area contributed by atoms with Gasteiger partial charge < -0.3 is 34.8 Å². The Morgan fingerprint density at radius 2 is 1.96 bits per heavy atom. The molecule has 27 heavy (non-hydrogen) atoms. The third kappa shape index (κ3) is 5.50. The number of fused-ring (bicyclic) bond motifs is 1. The van der Waals surface area contributed by atoms with E-state index < -0.39 is 46.2 Å². The lowest BCUT2D eigenvalue weighted by atomic mass is 10.2. The molecule has 2 aromatic rings. The molecule has 0 bridgehead atoms. The number of anilines is 1. The second-order valence-corrected chi connectivity index (χ2v) is 9.45. The maximum absolute atomic E-state index is 14.7. The van der Waals surface area contributed by atoms with Crippen molar-refractivity contribution in [2.45, 2.75) is 18.5 Å². The quantitative estimate of drug-likeness (QED) is 0.323. The van der Waals surface area contributed by atoms with Crippen LogP contribution in [0.3, 0.4) is 0 Å². The number of methoxy groups -OCH3 is 1. The van der Waals surface area contributed by atoms with Crippen molar-refractivity contribution in [1.82, 2.24) is 19.5 Å². The number of imidazole rings is 1. The van der Waals surface area contributed by atoms with Gasteiger partial charge in [0, 0.05) is 7.11 Å². The minimum absolute atomic E-state index is 0.000786. The van der Waals surface area contributed by atoms with Gasteiger partial charge in [-0.05, 0) is 0 Å². The van der Waals surface area contributed by atoms with Gasteiger partial charge in [0.25, 0.3) is 0 Å². The van der Waals surface area contributed by atoms with E-state index in [1.807, 2.05) is 0 Å². The van der Waals surface area contributed by atoms with E-state index in [2.05, 4.69) is 19.5 Å². The molecule has 16 heteroatoms. The minimum atomic E-state index is -4.82. The first-order valence-electron chi connectivity index (χ1n) is 7.24. The Morgan fingerprint density at radius 3 is 2.56 bits per heavy atom. The van der Waals surface area contributed by atoms with Crippen LogP contribution in [-0.2, 0) is 18.4 Å². The van der Waals surface area contributed by atoms with Crippen molar-refractivity contribution in [3.63, 3.8) is 0 Å². The Balaban J connectivity index is 2.13. The molecule has 0 saturated heterocycles. The highest BCUT2D eigenvalue weighted by Gasteiger charge is 2.35. The van der Waals surface area contributed by atoms with Crippen LogP contribution < -0.4 is 5.73 Å². The fourth-order valence-corrected chi connectivity index (χ4v) is 4.73. The van der Waals surface area contributed by atoms with Crippen LogP contribution in [0.15, 0.2) is 12.7 Å². The molecule has 0 fully saturated rings. The van der Waals surface area contributed by atoms with Gasteiger partial charge in [-0.15, -0.1) is 0 Å². The topological polar surface area (TPSA) is 203 Å². The lowest BCUT2D eigenvalue weighted by Gasteiger charge is -2.25. The van der Waals surface area contributed by atoms with Gasteiger partial charge >= 0.3 is 15.2 Å². The minimum Gasteiger partial charge on any atom is -0.385 e. The number of nitrogens with two attached hydrogens (primary N) is 1. The molecule has 4 atom stereocenters. The van der Waals surface area contributed by atoms with Crippen molar-refractivity contribution in [1.29, 1.82) is 0 Å². The van der Waals surface area contributed by atoms with Crippen molar-refractivity contribution >= 4 is 32.2 Å². The van der Waals surface area contributed by atoms with Crippen molar-refractivity contribution < 1.29 is 42.6 Å². The van der Waals surface area contributed by atoms with Crippen LogP contribution in [0.1, 0.15) is 6.30 Å². The Morgan fingerprint density at radius 1 is 1.30 bits per heavy atom. The number of ether oxygens (including phenoxy) is 1. The van der Waals surface area contributed by atoms with Gasteiger partial charge in [0.2, 0.25) is 6.30 Å². The van der Waals surface area contributed by atoms with E-state index in [4.69, 9.17) is 20.3 Å². The molecule has 1 unspecified atom stereocenters. The number of aliphatic hydroxyl groups is 1. The molecule has 152 valence electrons. The first-order chi connectivity index (χ1) is 12.4. The van der Waals surface area contributed by atoms with Gasteiger partial charge in [-0.3, -0.25) is 13.7 Å². The summed E-state index contributed by atoms with van der Waals surface area (Å²) < 4.78 is 47.5. The molecule has 0 amide bonds. The number of halogens is 1. The molecule has 6 N–H and O–H groups in total. The zero-order valence-corrected chi connectivity index (χ0v) is 15.7. The summed E-state index contributed by atoms with van der Waals surface area (Å²) in [5.74, 6) is -1.42. The number of hydrogen-bond donors (Lipinski definition) is 5. The maximum atomic E-state index is 14.7. The van der Waals surface area contributed by atoms with Gasteiger partial charge in [-0.1, -0.05) is 0 Å². The monoisotopic (exact) mass is 429 g/mol. The fraction of sp³-hybridized carbons (Fsp3) is 0.545. The second-order valence-electron chi connectivity index (χ2n) is 5.46. The van der Waals surface area contributed by atoms with Crippen LogP contribution in [0.2, 0.25) is 0 Å². The zero-order chi connectivity index (χ0) is 20.4. The number of alkyl halides is 1. The summed E-state index contributed by atoms with van der Waals surface area (Å²) in [5.41, 5.74) is 5.71. The summed E-state index contributed by atoms with van der Waals surface area (Å²) in [5, 5.41) is 10.2. The smallest absolute Gasteiger partial charge is 0.340 e. The molecule has 0 aliphatic carbocycles. The molecule has 0 aliphatic rings. The summed E-state index contributed by atoms with van der Waals surface area (Å²) in [7, 11) is -8.43. The number of nitrogens with zero attached hydrogens (tertiary/aromatic N) is 4. The van der Waals surface area contributed by atoms with Gasteiger partial charge in [0.05, 0.1) is 12.9 Å². The van der Waals surface area contributed by atoms with Crippen molar-refractivity contribution in [3.05, 3.63) is 12.7 Å². The van der Waals surface area contributed by atoms with Gasteiger partial charge in [-0.25, -0.2) is 19.3 Å². The Labute approximate surface area is 151 Å². The molecule has 0 saturated carbocycles. The highest BCUT2D eigenvalue weighted by molar-refractivity contribution is 7.70. The summed E-state index contributed by atoms with van der Waals surface area (Å²) in [6.45, 7) is -0.810. The SMILES string of the molecule is CO[C@H](COP(=O)(O)CP(=O)(O)O)[C@@H](O)[C@@H](F)n1cnc2c(N)ncnc21. The zero-order valence-electron chi connectivity index (χ0n) is 13.9. The van der Waals surface area contributed by atoms with Crippen LogP contribution in [0, 0.1) is 0 Å². The van der Waals surface area contributed by atoms with Crippen LogP contribution >= 0.6 is 15.2 Å². The third-order valence-corrected chi connectivity index (χ3v) is 6.88. The van der Waals surface area contributed by atoms with Crippen molar-refractivity contribution in [2.75, 3.05) is 25.4 Å². The Bertz CT molecular complexity index is 891. The Kier molecular flexibility index (Phi) is 6.66. The lowest BCUT2D eigenvalue weighted by Crippen LogP contribution is -2.37. The van der Waals surface area contributed by atoms with Gasteiger partial charge in [0.15, 0.2) is 17.4 Å². The predicted molar refractivity (Wildman–Crippen MR) is 89.4 cm³/mol. The summed E-state index contributed by atoms with van der Waals surface area (Å²) in [6.07, 6.45) is -3.40. The molecule has 2 rings (SSSR count). The Hall–Kier alpha value is -1.50. The third-order valence-electron chi connectivity index (χ3n) is 3.42. The fourth-order valence-electron chi connectivity index (χ4n) is 2.16. The largest absolute Gasteiger partial charge is 0.385 e. The molecule has 2 aromatic heterocycles. The van der Waals surface area contributed by atoms with Crippen LogP contribution in [0.5, 0.6) is 0 Å². The van der Waals surface area contributed by atoms with E-state index in [0.717, 1.165) is 24.3 Å². The van der Waals surface area contributed by atoms with Crippen LogP contribution in [-0.4, -0.2) is 71.1 Å². The number of rotatable bonds is 9. The first kappa shape index (κ1) is 21.8. The van der Waals surface area contributed by atoms with E-state index in [1.54, 1.807) is 0 Å². The molecule has 13 nitrogen and oxygen atoms in total. The number of nitrogen functional groups attached to an aromatic ring is 1. The second kappa shape index (κ2) is 8.25. The molecular weight excluding hydrogens is 411 g/mol. The molecule has 2 heterocycles. The van der Waals surface area contributed by atoms with E-state index in [-0.39, 0.29) is 17.0 Å². The van der Waals surface area contributed by atoms with Crippen LogP contribution in [0.4, 0.5) is 10.2 Å². The molecule has 0 aromatic carbocycles. The highest BCUT2D eigenvalue weighted by atomic mass is 31.2. The molecular formula is C11H18FN5O8P2. The van der Waals surface area contributed by atoms with E-state index >= 15 is 0 Å². The van der Waals surface area contributed by atoms with Crippen LogP contribution in [0.25, 0.3) is 11.2 Å². The number of hydrogen-bond acceptors (Lipinski definition) is 9. The van der Waals surface area contributed by atoms with Gasteiger partial charge in [-0.2, -0.15) is 0 Å².